The molecule has 1 heterocycles. The number of nitrogens with zero attached hydrogens (tertiary/aromatic N) is 1. The van der Waals surface area contributed by atoms with Crippen LogP contribution in [0, 0.1) is 5.92 Å². The van der Waals surface area contributed by atoms with Gasteiger partial charge in [0.2, 0.25) is 10.0 Å². The number of esters is 1. The van der Waals surface area contributed by atoms with Gasteiger partial charge >= 0.3 is 5.97 Å². The van der Waals surface area contributed by atoms with Crippen molar-refractivity contribution >= 4 is 21.8 Å². The number of hydrogen-bond acceptors (Lipinski definition) is 5. The summed E-state index contributed by atoms with van der Waals surface area (Å²) in [6.45, 7) is 4.00. The summed E-state index contributed by atoms with van der Waals surface area (Å²) in [6.07, 6.45) is 1.74. The second-order valence-corrected chi connectivity index (χ2v) is 9.12. The van der Waals surface area contributed by atoms with Gasteiger partial charge in [0, 0.05) is 18.7 Å². The van der Waals surface area contributed by atoms with Crippen LogP contribution in [0.4, 0.5) is 0 Å². The van der Waals surface area contributed by atoms with Crippen LogP contribution in [0.1, 0.15) is 42.6 Å². The smallest absolute Gasteiger partial charge is 0.314 e. The van der Waals surface area contributed by atoms with E-state index in [9.17, 15) is 18.0 Å². The van der Waals surface area contributed by atoms with E-state index in [1.54, 1.807) is 12.1 Å². The minimum Gasteiger partial charge on any atom is -0.426 e. The van der Waals surface area contributed by atoms with Crippen molar-refractivity contribution < 1.29 is 22.7 Å². The van der Waals surface area contributed by atoms with Gasteiger partial charge in [-0.05, 0) is 56.0 Å². The van der Waals surface area contributed by atoms with Crippen molar-refractivity contribution in [3.8, 4) is 5.75 Å². The molecule has 0 atom stereocenters. The van der Waals surface area contributed by atoms with Crippen LogP contribution in [0.15, 0.2) is 53.4 Å². The van der Waals surface area contributed by atoms with Crippen molar-refractivity contribution in [1.29, 1.82) is 0 Å². The second kappa shape index (κ2) is 8.88. The third-order valence-corrected chi connectivity index (χ3v) is 7.15. The molecule has 0 bridgehead atoms. The summed E-state index contributed by atoms with van der Waals surface area (Å²) in [6, 6.07) is 13.3. The molecular weight excluding hydrogens is 390 g/mol. The van der Waals surface area contributed by atoms with Crippen LogP contribution in [0.2, 0.25) is 0 Å². The minimum absolute atomic E-state index is 0.113. The highest BCUT2D eigenvalue weighted by molar-refractivity contribution is 7.89. The van der Waals surface area contributed by atoms with E-state index in [4.69, 9.17) is 4.74 Å². The van der Waals surface area contributed by atoms with Gasteiger partial charge in [0.15, 0.2) is 5.78 Å². The Kier molecular flexibility index (Phi) is 6.49. The lowest BCUT2D eigenvalue weighted by molar-refractivity contribution is -0.140. The van der Waals surface area contributed by atoms with Crippen LogP contribution in [0.3, 0.4) is 0 Å². The standard InChI is InChI=1S/C22H25NO5S/c1-3-17-4-8-20(9-5-17)28-22(25)19-12-14-23(15-13-19)29(26,27)21-10-6-18(7-11-21)16(2)24/h4-11,19H,3,12-15H2,1-2H3. The Balaban J connectivity index is 1.60. The highest BCUT2D eigenvalue weighted by Gasteiger charge is 2.33. The first-order valence-electron chi connectivity index (χ1n) is 9.73. The van der Waals surface area contributed by atoms with Crippen molar-refractivity contribution in [2.24, 2.45) is 5.92 Å². The fourth-order valence-electron chi connectivity index (χ4n) is 3.34. The molecule has 7 heteroatoms. The van der Waals surface area contributed by atoms with E-state index < -0.39 is 10.0 Å². The Labute approximate surface area is 171 Å². The maximum atomic E-state index is 12.8. The van der Waals surface area contributed by atoms with Crippen LogP contribution in [-0.4, -0.2) is 37.6 Å². The van der Waals surface area contributed by atoms with Gasteiger partial charge in [0.25, 0.3) is 0 Å². The van der Waals surface area contributed by atoms with Gasteiger partial charge in [-0.25, -0.2) is 8.42 Å². The van der Waals surface area contributed by atoms with Crippen LogP contribution in [0.5, 0.6) is 5.75 Å². The first-order chi connectivity index (χ1) is 13.8. The monoisotopic (exact) mass is 415 g/mol. The Bertz CT molecular complexity index is 973. The normalized spacial score (nSPS) is 15.8. The fourth-order valence-corrected chi connectivity index (χ4v) is 4.80. The average Bonchev–Trinajstić information content (AvgIpc) is 2.74. The zero-order valence-electron chi connectivity index (χ0n) is 16.6. The molecule has 1 fully saturated rings. The van der Waals surface area contributed by atoms with Gasteiger partial charge in [-0.2, -0.15) is 4.31 Å². The van der Waals surface area contributed by atoms with Gasteiger partial charge in [-0.3, -0.25) is 9.59 Å². The molecule has 0 spiro atoms. The summed E-state index contributed by atoms with van der Waals surface area (Å²) < 4.78 is 32.5. The van der Waals surface area contributed by atoms with E-state index in [2.05, 4.69) is 6.92 Å². The number of ketones is 1. The molecule has 2 aromatic rings. The summed E-state index contributed by atoms with van der Waals surface area (Å²) >= 11 is 0. The highest BCUT2D eigenvalue weighted by Crippen LogP contribution is 2.26. The third kappa shape index (κ3) is 4.92. The molecule has 0 saturated carbocycles. The summed E-state index contributed by atoms with van der Waals surface area (Å²) in [4.78, 5) is 23.9. The number of benzene rings is 2. The van der Waals surface area contributed by atoms with E-state index in [0.717, 1.165) is 6.42 Å². The lowest BCUT2D eigenvalue weighted by Crippen LogP contribution is -2.41. The lowest BCUT2D eigenvalue weighted by Gasteiger charge is -2.30. The number of sulfonamides is 1. The van der Waals surface area contributed by atoms with Crippen molar-refractivity contribution in [2.45, 2.75) is 38.0 Å². The molecule has 0 aromatic heterocycles. The lowest BCUT2D eigenvalue weighted by atomic mass is 9.98. The second-order valence-electron chi connectivity index (χ2n) is 7.18. The van der Waals surface area contributed by atoms with Crippen molar-refractivity contribution in [3.05, 3.63) is 59.7 Å². The number of hydrogen-bond donors (Lipinski definition) is 0. The third-order valence-electron chi connectivity index (χ3n) is 5.24. The number of Topliss-reactive ketones (excluding diaryl/α,β-unsaturated/α-hetero) is 1. The number of carbonyl (C=O) groups excluding carboxylic acids is 2. The van der Waals surface area contributed by atoms with Gasteiger partial charge < -0.3 is 4.74 Å². The van der Waals surface area contributed by atoms with Gasteiger partial charge in [-0.15, -0.1) is 0 Å². The average molecular weight is 416 g/mol. The van der Waals surface area contributed by atoms with Gasteiger partial charge in [0.1, 0.15) is 5.75 Å². The largest absolute Gasteiger partial charge is 0.426 e. The maximum absolute atomic E-state index is 12.8. The quantitative estimate of drug-likeness (QED) is 0.410. The number of ether oxygens (including phenoxy) is 1. The van der Waals surface area contributed by atoms with E-state index in [0.29, 0.717) is 24.2 Å². The summed E-state index contributed by atoms with van der Waals surface area (Å²) in [5.41, 5.74) is 1.64. The number of piperidine rings is 1. The zero-order chi connectivity index (χ0) is 21.0. The molecule has 2 aromatic carbocycles. The molecule has 0 unspecified atom stereocenters. The van der Waals surface area contributed by atoms with Crippen LogP contribution in [0.25, 0.3) is 0 Å². The Morgan fingerprint density at radius 3 is 2.10 bits per heavy atom. The minimum atomic E-state index is -3.65. The first kappa shape index (κ1) is 21.2. The molecule has 3 rings (SSSR count). The Hall–Kier alpha value is -2.51. The van der Waals surface area contributed by atoms with E-state index in [1.165, 1.54) is 41.1 Å². The van der Waals surface area contributed by atoms with E-state index in [-0.39, 0.29) is 35.7 Å². The SMILES string of the molecule is CCc1ccc(OC(=O)C2CCN(S(=O)(=O)c3ccc(C(C)=O)cc3)CC2)cc1. The Morgan fingerprint density at radius 2 is 1.59 bits per heavy atom. The van der Waals surface area contributed by atoms with Crippen LogP contribution >= 0.6 is 0 Å². The molecule has 29 heavy (non-hydrogen) atoms. The van der Waals surface area contributed by atoms with Crippen LogP contribution in [-0.2, 0) is 21.2 Å². The predicted octanol–water partition coefficient (Wildman–Crippen LogP) is 3.46. The molecule has 1 aliphatic heterocycles. The zero-order valence-corrected chi connectivity index (χ0v) is 17.4. The van der Waals surface area contributed by atoms with Crippen molar-refractivity contribution in [3.63, 3.8) is 0 Å². The molecular formula is C22H25NO5S. The van der Waals surface area contributed by atoms with E-state index >= 15 is 0 Å². The number of carbonyl (C=O) groups is 2. The summed E-state index contributed by atoms with van der Waals surface area (Å²) in [5, 5.41) is 0. The topological polar surface area (TPSA) is 80.8 Å². The molecule has 1 aliphatic rings. The van der Waals surface area contributed by atoms with Crippen molar-refractivity contribution in [1.82, 2.24) is 4.31 Å². The molecule has 154 valence electrons. The number of rotatable bonds is 6. The molecule has 0 radical (unpaired) electrons. The molecule has 6 nitrogen and oxygen atoms in total. The molecule has 0 aliphatic carbocycles. The van der Waals surface area contributed by atoms with E-state index in [1.807, 2.05) is 12.1 Å². The maximum Gasteiger partial charge on any atom is 0.314 e. The predicted molar refractivity (Wildman–Crippen MR) is 109 cm³/mol. The number of aryl methyl sites for hydroxylation is 1. The van der Waals surface area contributed by atoms with Gasteiger partial charge in [0.05, 0.1) is 10.8 Å². The highest BCUT2D eigenvalue weighted by atomic mass is 32.2. The fraction of sp³-hybridized carbons (Fsp3) is 0.364. The Morgan fingerprint density at radius 1 is 1.00 bits per heavy atom. The summed E-state index contributed by atoms with van der Waals surface area (Å²) in [7, 11) is -3.65. The van der Waals surface area contributed by atoms with Gasteiger partial charge in [-0.1, -0.05) is 31.2 Å². The molecule has 0 amide bonds. The molecule has 1 saturated heterocycles. The molecule has 0 N–H and O–H groups in total. The first-order valence-corrected chi connectivity index (χ1v) is 11.2. The summed E-state index contributed by atoms with van der Waals surface area (Å²) in [5.74, 6) is -0.255. The van der Waals surface area contributed by atoms with Crippen molar-refractivity contribution in [2.75, 3.05) is 13.1 Å². The van der Waals surface area contributed by atoms with Crippen LogP contribution < -0.4 is 4.74 Å².